The van der Waals surface area contributed by atoms with E-state index in [9.17, 15) is 0 Å². The molecule has 4 nitrogen and oxygen atoms in total. The molecule has 45 heavy (non-hydrogen) atoms. The van der Waals surface area contributed by atoms with E-state index in [1.807, 2.05) is 0 Å². The molecule has 4 aromatic rings. The van der Waals surface area contributed by atoms with Gasteiger partial charge in [-0.05, 0) is 49.9 Å². The van der Waals surface area contributed by atoms with Crippen LogP contribution >= 0.6 is 0 Å². The van der Waals surface area contributed by atoms with Gasteiger partial charge in [-0.15, -0.1) is 0 Å². The summed E-state index contributed by atoms with van der Waals surface area (Å²) >= 11 is 0. The fourth-order valence-corrected chi connectivity index (χ4v) is 5.99. The molecule has 0 saturated heterocycles. The summed E-state index contributed by atoms with van der Waals surface area (Å²) in [5.41, 5.74) is 4.69. The van der Waals surface area contributed by atoms with Crippen molar-refractivity contribution in [3.8, 4) is 23.0 Å². The summed E-state index contributed by atoms with van der Waals surface area (Å²) in [6, 6.07) is 34.7. The predicted molar refractivity (Wildman–Crippen MR) is 192 cm³/mol. The van der Waals surface area contributed by atoms with Crippen LogP contribution in [-0.4, -0.2) is 32.6 Å². The molecule has 0 fully saturated rings. The molecular formula is C40H52BO4-. The summed E-state index contributed by atoms with van der Waals surface area (Å²) in [7, 11) is 0. The minimum Gasteiger partial charge on any atom is -0.494 e. The lowest BCUT2D eigenvalue weighted by Crippen LogP contribution is -2.74. The zero-order valence-electron chi connectivity index (χ0n) is 27.9. The van der Waals surface area contributed by atoms with Gasteiger partial charge in [-0.3, -0.25) is 0 Å². The summed E-state index contributed by atoms with van der Waals surface area (Å²) in [5.74, 6) is 3.53. The predicted octanol–water partition coefficient (Wildman–Crippen LogP) is 7.78. The van der Waals surface area contributed by atoms with Crippen molar-refractivity contribution in [1.82, 2.24) is 0 Å². The second-order valence-corrected chi connectivity index (χ2v) is 12.0. The van der Waals surface area contributed by atoms with Crippen LogP contribution < -0.4 is 40.8 Å². The SMILES string of the molecule is CCCCOc1cccc([B-](c2cccc(OCCCC)c2)(c2cccc(OCCCC)c2)c2cccc(OCCCC)c2)c1. The van der Waals surface area contributed by atoms with Gasteiger partial charge in [0.2, 0.25) is 0 Å². The zero-order valence-corrected chi connectivity index (χ0v) is 27.9. The Morgan fingerprint density at radius 2 is 0.622 bits per heavy atom. The Morgan fingerprint density at radius 3 is 0.844 bits per heavy atom. The van der Waals surface area contributed by atoms with Gasteiger partial charge in [0.25, 0.3) is 0 Å². The Hall–Kier alpha value is -3.86. The third-order valence-corrected chi connectivity index (χ3v) is 8.50. The maximum absolute atomic E-state index is 6.29. The molecule has 0 aliphatic carbocycles. The van der Waals surface area contributed by atoms with Crippen LogP contribution in [0.2, 0.25) is 0 Å². The first-order valence-electron chi connectivity index (χ1n) is 17.2. The van der Waals surface area contributed by atoms with Gasteiger partial charge in [0.15, 0.2) is 0 Å². The zero-order chi connectivity index (χ0) is 31.7. The first-order chi connectivity index (χ1) is 22.1. The van der Waals surface area contributed by atoms with Crippen molar-refractivity contribution in [3.05, 3.63) is 97.1 Å². The standard InChI is InChI=1S/C40H52BO4/c1-5-9-25-42-37-21-13-17-33(29-37)41(34-18-14-22-38(30-34)43-26-10-6-2,35-19-15-23-39(31-35)44-27-11-7-3)36-20-16-24-40(32-36)45-28-12-8-4/h13-24,29-32H,5-12,25-28H2,1-4H3/q-1. The lowest BCUT2D eigenvalue weighted by molar-refractivity contribution is 0.309. The van der Waals surface area contributed by atoms with E-state index in [0.717, 1.165) is 74.4 Å². The first kappa shape index (κ1) is 34.0. The monoisotopic (exact) mass is 607 g/mol. The van der Waals surface area contributed by atoms with Crippen molar-refractivity contribution in [1.29, 1.82) is 0 Å². The maximum atomic E-state index is 6.29. The van der Waals surface area contributed by atoms with Crippen LogP contribution in [0.5, 0.6) is 23.0 Å². The molecule has 5 heteroatoms. The molecular weight excluding hydrogens is 555 g/mol. The van der Waals surface area contributed by atoms with Crippen LogP contribution in [0.1, 0.15) is 79.1 Å². The first-order valence-corrected chi connectivity index (χ1v) is 17.2. The molecule has 0 spiro atoms. The van der Waals surface area contributed by atoms with E-state index in [0.29, 0.717) is 26.4 Å². The molecule has 4 rings (SSSR count). The van der Waals surface area contributed by atoms with Crippen LogP contribution in [0, 0.1) is 0 Å². The summed E-state index contributed by atoms with van der Waals surface area (Å²) < 4.78 is 25.2. The molecule has 0 heterocycles. The molecule has 0 amide bonds. The molecule has 0 aliphatic rings. The highest BCUT2D eigenvalue weighted by molar-refractivity contribution is 7.20. The van der Waals surface area contributed by atoms with Gasteiger partial charge in [0.05, 0.1) is 26.4 Å². The second kappa shape index (κ2) is 18.2. The van der Waals surface area contributed by atoms with Gasteiger partial charge < -0.3 is 18.9 Å². The lowest BCUT2D eigenvalue weighted by atomic mass is 9.13. The quantitative estimate of drug-likeness (QED) is 0.0760. The largest absolute Gasteiger partial charge is 0.494 e. The van der Waals surface area contributed by atoms with Crippen LogP contribution in [0.25, 0.3) is 0 Å². The van der Waals surface area contributed by atoms with E-state index >= 15 is 0 Å². The highest BCUT2D eigenvalue weighted by Crippen LogP contribution is 2.21. The molecule has 0 bridgehead atoms. The number of benzene rings is 4. The second-order valence-electron chi connectivity index (χ2n) is 12.0. The average molecular weight is 608 g/mol. The molecule has 240 valence electrons. The van der Waals surface area contributed by atoms with Crippen molar-refractivity contribution < 1.29 is 18.9 Å². The molecule has 0 aliphatic heterocycles. The average Bonchev–Trinajstić information content (AvgIpc) is 3.07. The topological polar surface area (TPSA) is 36.9 Å². The Kier molecular flexibility index (Phi) is 13.8. The highest BCUT2D eigenvalue weighted by Gasteiger charge is 2.33. The highest BCUT2D eigenvalue weighted by atomic mass is 16.5. The van der Waals surface area contributed by atoms with E-state index in [4.69, 9.17) is 18.9 Å². The van der Waals surface area contributed by atoms with Crippen molar-refractivity contribution >= 4 is 28.0 Å². The van der Waals surface area contributed by atoms with Crippen LogP contribution in [0.15, 0.2) is 97.1 Å². The molecule has 0 aromatic heterocycles. The normalized spacial score (nSPS) is 11.3. The van der Waals surface area contributed by atoms with Gasteiger partial charge in [0.1, 0.15) is 29.1 Å². The summed E-state index contributed by atoms with van der Waals surface area (Å²) in [4.78, 5) is 0. The maximum Gasteiger partial charge on any atom is 0.116 e. The number of hydrogen-bond donors (Lipinski definition) is 0. The summed E-state index contributed by atoms with van der Waals surface area (Å²) in [6.07, 6.45) is 6.74. The minimum atomic E-state index is -1.71. The van der Waals surface area contributed by atoms with E-state index in [2.05, 4.69) is 125 Å². The van der Waals surface area contributed by atoms with Crippen molar-refractivity contribution in [3.63, 3.8) is 0 Å². The van der Waals surface area contributed by atoms with Crippen molar-refractivity contribution in [2.24, 2.45) is 0 Å². The van der Waals surface area contributed by atoms with Gasteiger partial charge in [-0.25, -0.2) is 0 Å². The smallest absolute Gasteiger partial charge is 0.116 e. The van der Waals surface area contributed by atoms with Crippen LogP contribution in [-0.2, 0) is 0 Å². The van der Waals surface area contributed by atoms with Gasteiger partial charge in [0, 0.05) is 0 Å². The Morgan fingerprint density at radius 1 is 0.378 bits per heavy atom. The molecule has 0 saturated carbocycles. The molecule has 0 unspecified atom stereocenters. The number of rotatable bonds is 20. The van der Waals surface area contributed by atoms with E-state index in [1.165, 1.54) is 21.9 Å². The van der Waals surface area contributed by atoms with Gasteiger partial charge in [-0.1, -0.05) is 126 Å². The van der Waals surface area contributed by atoms with Gasteiger partial charge >= 0.3 is 0 Å². The minimum absolute atomic E-state index is 0.697. The van der Waals surface area contributed by atoms with E-state index in [1.54, 1.807) is 0 Å². The molecule has 0 atom stereocenters. The third kappa shape index (κ3) is 9.09. The van der Waals surface area contributed by atoms with Crippen LogP contribution in [0.4, 0.5) is 0 Å². The number of hydrogen-bond acceptors (Lipinski definition) is 4. The Bertz CT molecular complexity index is 1220. The van der Waals surface area contributed by atoms with E-state index < -0.39 is 6.15 Å². The molecule has 4 aromatic carbocycles. The molecule has 0 radical (unpaired) electrons. The third-order valence-electron chi connectivity index (χ3n) is 8.50. The Balaban J connectivity index is 1.98. The molecule has 0 N–H and O–H groups in total. The number of unbranched alkanes of at least 4 members (excludes halogenated alkanes) is 4. The lowest BCUT2D eigenvalue weighted by Gasteiger charge is -2.44. The fraction of sp³-hybridized carbons (Fsp3) is 0.400. The summed E-state index contributed by atoms with van der Waals surface area (Å²) in [6.45, 7) is 11.5. The Labute approximate surface area is 272 Å². The van der Waals surface area contributed by atoms with E-state index in [-0.39, 0.29) is 0 Å². The van der Waals surface area contributed by atoms with Crippen molar-refractivity contribution in [2.45, 2.75) is 79.1 Å². The number of ether oxygens (including phenoxy) is 4. The van der Waals surface area contributed by atoms with Crippen LogP contribution in [0.3, 0.4) is 0 Å². The van der Waals surface area contributed by atoms with Gasteiger partial charge in [-0.2, -0.15) is 21.9 Å². The summed E-state index contributed by atoms with van der Waals surface area (Å²) in [5, 5.41) is 0. The van der Waals surface area contributed by atoms with Crippen molar-refractivity contribution in [2.75, 3.05) is 26.4 Å². The fourth-order valence-electron chi connectivity index (χ4n) is 5.99.